The van der Waals surface area contributed by atoms with Crippen molar-refractivity contribution in [3.8, 4) is 0 Å². The molecule has 0 aliphatic heterocycles. The molecule has 3 atom stereocenters. The topological polar surface area (TPSA) is 95.5 Å². The summed E-state index contributed by atoms with van der Waals surface area (Å²) in [5.41, 5.74) is 1.30. The number of amides is 2. The van der Waals surface area contributed by atoms with Gasteiger partial charge in [-0.25, -0.2) is 0 Å². The van der Waals surface area contributed by atoms with E-state index in [0.717, 1.165) is 9.37 Å². The number of rotatable bonds is 8. The zero-order valence-electron chi connectivity index (χ0n) is 17.6. The van der Waals surface area contributed by atoms with Crippen molar-refractivity contribution in [3.05, 3.63) is 65.2 Å². The molecule has 0 heterocycles. The lowest BCUT2D eigenvalue weighted by atomic mass is 9.82. The summed E-state index contributed by atoms with van der Waals surface area (Å²) in [6.45, 7) is 1.95. The molecule has 3 rings (SSSR count). The van der Waals surface area contributed by atoms with E-state index in [0.29, 0.717) is 30.6 Å². The van der Waals surface area contributed by atoms with Crippen LogP contribution in [-0.2, 0) is 14.4 Å². The Balaban J connectivity index is 1.66. The zero-order valence-corrected chi connectivity index (χ0v) is 20.0. The summed E-state index contributed by atoms with van der Waals surface area (Å²) in [7, 11) is 0. The number of carboxylic acids is 1. The minimum absolute atomic E-state index is 0.0999. The van der Waals surface area contributed by atoms with E-state index in [1.54, 1.807) is 6.07 Å². The second kappa shape index (κ2) is 11.3. The number of halogens is 1. The van der Waals surface area contributed by atoms with Crippen molar-refractivity contribution >= 4 is 56.9 Å². The highest BCUT2D eigenvalue weighted by Gasteiger charge is 2.34. The quantitative estimate of drug-likeness (QED) is 0.315. The van der Waals surface area contributed by atoms with Crippen LogP contribution in [0.1, 0.15) is 26.2 Å². The number of carbonyl (C=O) groups excluding carboxylic acids is 2. The summed E-state index contributed by atoms with van der Waals surface area (Å²) in [5.74, 6) is -2.68. The number of para-hydroxylation sites is 1. The molecule has 0 aromatic heterocycles. The maximum absolute atomic E-state index is 12.8. The van der Waals surface area contributed by atoms with Crippen molar-refractivity contribution in [2.75, 3.05) is 10.6 Å². The summed E-state index contributed by atoms with van der Waals surface area (Å²) in [6.07, 6.45) is 5.06. The molecular formula is C24H25BrN2O4S. The Hall–Kier alpha value is -2.58. The molecule has 2 aromatic rings. The number of benzene rings is 2. The highest BCUT2D eigenvalue weighted by atomic mass is 79.9. The van der Waals surface area contributed by atoms with Gasteiger partial charge in [-0.2, -0.15) is 0 Å². The smallest absolute Gasteiger partial charge is 0.307 e. The SMILES string of the molecule is CCC(Sc1cccc(NC(=O)C2CC=CCC2C(=O)O)c1)C(=O)Nc1ccccc1Br. The largest absolute Gasteiger partial charge is 0.481 e. The van der Waals surface area contributed by atoms with Crippen LogP contribution >= 0.6 is 27.7 Å². The predicted molar refractivity (Wildman–Crippen MR) is 131 cm³/mol. The summed E-state index contributed by atoms with van der Waals surface area (Å²) in [4.78, 5) is 37.8. The minimum atomic E-state index is -0.958. The van der Waals surface area contributed by atoms with Gasteiger partial charge >= 0.3 is 5.97 Å². The third kappa shape index (κ3) is 6.23. The Morgan fingerprint density at radius 2 is 1.78 bits per heavy atom. The van der Waals surface area contributed by atoms with E-state index < -0.39 is 17.8 Å². The normalized spacial score (nSPS) is 18.6. The molecule has 3 unspecified atom stereocenters. The first-order chi connectivity index (χ1) is 15.4. The molecule has 0 bridgehead atoms. The van der Waals surface area contributed by atoms with Crippen LogP contribution in [-0.4, -0.2) is 28.1 Å². The van der Waals surface area contributed by atoms with Crippen LogP contribution in [0.5, 0.6) is 0 Å². The molecule has 0 saturated heterocycles. The van der Waals surface area contributed by atoms with Gasteiger partial charge in [-0.05, 0) is 65.5 Å². The van der Waals surface area contributed by atoms with Gasteiger partial charge in [0.15, 0.2) is 0 Å². The summed E-state index contributed by atoms with van der Waals surface area (Å²) < 4.78 is 0.815. The van der Waals surface area contributed by atoms with Gasteiger partial charge < -0.3 is 15.7 Å². The monoisotopic (exact) mass is 516 g/mol. The molecule has 0 spiro atoms. The van der Waals surface area contributed by atoms with Crippen LogP contribution in [0.4, 0.5) is 11.4 Å². The van der Waals surface area contributed by atoms with Crippen LogP contribution in [0.15, 0.2) is 70.1 Å². The molecule has 0 saturated carbocycles. The first kappa shape index (κ1) is 24.1. The van der Waals surface area contributed by atoms with Crippen molar-refractivity contribution in [1.29, 1.82) is 0 Å². The lowest BCUT2D eigenvalue weighted by Gasteiger charge is -2.24. The van der Waals surface area contributed by atoms with E-state index in [-0.39, 0.29) is 17.1 Å². The van der Waals surface area contributed by atoms with Gasteiger partial charge in [0.25, 0.3) is 0 Å². The summed E-state index contributed by atoms with van der Waals surface area (Å²) in [6, 6.07) is 14.7. The summed E-state index contributed by atoms with van der Waals surface area (Å²) in [5, 5.41) is 14.9. The van der Waals surface area contributed by atoms with Gasteiger partial charge in [-0.3, -0.25) is 14.4 Å². The standard InChI is InChI=1S/C24H25BrN2O4S/c1-2-21(23(29)27-20-13-6-5-12-19(20)25)32-16-9-7-8-15(14-16)26-22(28)17-10-3-4-11-18(17)24(30)31/h3-9,12-14,17-18,21H,2,10-11H2,1H3,(H,26,28)(H,27,29)(H,30,31). The van der Waals surface area contributed by atoms with Crippen molar-refractivity contribution < 1.29 is 19.5 Å². The molecule has 0 radical (unpaired) electrons. The predicted octanol–water partition coefficient (Wildman–Crippen LogP) is 5.56. The Bertz CT molecular complexity index is 1030. The molecule has 168 valence electrons. The molecule has 2 amide bonds. The first-order valence-electron chi connectivity index (χ1n) is 10.4. The maximum atomic E-state index is 12.8. The third-order valence-electron chi connectivity index (χ3n) is 5.26. The lowest BCUT2D eigenvalue weighted by molar-refractivity contribution is -0.146. The number of carbonyl (C=O) groups is 3. The fourth-order valence-electron chi connectivity index (χ4n) is 3.52. The highest BCUT2D eigenvalue weighted by Crippen LogP contribution is 2.31. The second-order valence-corrected chi connectivity index (χ2v) is 9.63. The maximum Gasteiger partial charge on any atom is 0.307 e. The Labute approximate surface area is 200 Å². The fourth-order valence-corrected chi connectivity index (χ4v) is 4.92. The number of aliphatic carboxylic acids is 1. The second-order valence-electron chi connectivity index (χ2n) is 7.49. The number of anilines is 2. The third-order valence-corrected chi connectivity index (χ3v) is 7.31. The molecule has 2 aromatic carbocycles. The molecule has 1 aliphatic carbocycles. The number of allylic oxidation sites excluding steroid dienone is 2. The molecule has 3 N–H and O–H groups in total. The van der Waals surface area contributed by atoms with Gasteiger partial charge in [0.1, 0.15) is 0 Å². The Morgan fingerprint density at radius 1 is 1.06 bits per heavy atom. The highest BCUT2D eigenvalue weighted by molar-refractivity contribution is 9.10. The van der Waals surface area contributed by atoms with Gasteiger partial charge in [0.05, 0.1) is 22.8 Å². The first-order valence-corrected chi connectivity index (χ1v) is 12.1. The number of hydrogen-bond acceptors (Lipinski definition) is 4. The van der Waals surface area contributed by atoms with Gasteiger partial charge in [0, 0.05) is 15.1 Å². The van der Waals surface area contributed by atoms with Crippen molar-refractivity contribution in [3.63, 3.8) is 0 Å². The van der Waals surface area contributed by atoms with Crippen LogP contribution in [0.25, 0.3) is 0 Å². The van der Waals surface area contributed by atoms with Gasteiger partial charge in [-0.15, -0.1) is 11.8 Å². The number of hydrogen-bond donors (Lipinski definition) is 3. The van der Waals surface area contributed by atoms with E-state index in [1.807, 2.05) is 61.5 Å². The Morgan fingerprint density at radius 3 is 2.47 bits per heavy atom. The molecular weight excluding hydrogens is 492 g/mol. The lowest BCUT2D eigenvalue weighted by Crippen LogP contribution is -2.34. The number of thioether (sulfide) groups is 1. The van der Waals surface area contributed by atoms with Gasteiger partial charge in [0.2, 0.25) is 11.8 Å². The van der Waals surface area contributed by atoms with Crippen molar-refractivity contribution in [1.82, 2.24) is 0 Å². The van der Waals surface area contributed by atoms with E-state index in [2.05, 4.69) is 26.6 Å². The fraction of sp³-hybridized carbons (Fsp3) is 0.292. The van der Waals surface area contributed by atoms with Crippen molar-refractivity contribution in [2.24, 2.45) is 11.8 Å². The molecule has 32 heavy (non-hydrogen) atoms. The average Bonchev–Trinajstić information content (AvgIpc) is 2.79. The van der Waals surface area contributed by atoms with E-state index in [9.17, 15) is 19.5 Å². The molecule has 1 aliphatic rings. The molecule has 6 nitrogen and oxygen atoms in total. The van der Waals surface area contributed by atoms with Crippen LogP contribution in [0.2, 0.25) is 0 Å². The summed E-state index contributed by atoms with van der Waals surface area (Å²) >= 11 is 4.86. The van der Waals surface area contributed by atoms with Crippen LogP contribution in [0, 0.1) is 11.8 Å². The number of nitrogens with one attached hydrogen (secondary N) is 2. The van der Waals surface area contributed by atoms with E-state index in [4.69, 9.17) is 0 Å². The van der Waals surface area contributed by atoms with E-state index in [1.165, 1.54) is 11.8 Å². The molecule has 8 heteroatoms. The van der Waals surface area contributed by atoms with Crippen molar-refractivity contribution in [2.45, 2.75) is 36.3 Å². The Kier molecular flexibility index (Phi) is 8.53. The minimum Gasteiger partial charge on any atom is -0.481 e. The molecule has 0 fully saturated rings. The van der Waals surface area contributed by atoms with Crippen LogP contribution < -0.4 is 10.6 Å². The zero-order chi connectivity index (χ0) is 23.1. The van der Waals surface area contributed by atoms with Gasteiger partial charge in [-0.1, -0.05) is 37.3 Å². The number of carboxylic acid groups (broad SMARTS) is 1. The average molecular weight is 517 g/mol. The van der Waals surface area contributed by atoms with E-state index >= 15 is 0 Å². The van der Waals surface area contributed by atoms with Crippen LogP contribution in [0.3, 0.4) is 0 Å².